The normalized spacial score (nSPS) is 19.2. The van der Waals surface area contributed by atoms with Gasteiger partial charge in [-0.15, -0.1) is 11.3 Å². The van der Waals surface area contributed by atoms with Gasteiger partial charge in [0.25, 0.3) is 5.24 Å². The highest BCUT2D eigenvalue weighted by Crippen LogP contribution is 2.21. The second-order valence-electron chi connectivity index (χ2n) is 3.72. The number of likely N-dealkylation sites (N-methyl/N-ethyl adjacent to an activating group) is 1. The molecule has 4 nitrogen and oxygen atoms in total. The SMILES string of the molecule is CN(Cc1cc(Br)cs1)C(=O)C1CSC(=O)N1. The molecule has 1 aromatic heterocycles. The number of hydrogen-bond donors (Lipinski definition) is 1. The van der Waals surface area contributed by atoms with E-state index in [4.69, 9.17) is 0 Å². The van der Waals surface area contributed by atoms with Crippen LogP contribution >= 0.6 is 39.0 Å². The summed E-state index contributed by atoms with van der Waals surface area (Å²) >= 11 is 6.14. The van der Waals surface area contributed by atoms with Gasteiger partial charge in [0, 0.05) is 27.5 Å². The van der Waals surface area contributed by atoms with E-state index in [0.29, 0.717) is 12.3 Å². The first kappa shape index (κ1) is 12.9. The van der Waals surface area contributed by atoms with Crippen molar-refractivity contribution in [3.05, 3.63) is 20.8 Å². The lowest BCUT2D eigenvalue weighted by Crippen LogP contribution is -2.43. The molecule has 0 aliphatic carbocycles. The highest BCUT2D eigenvalue weighted by atomic mass is 79.9. The summed E-state index contributed by atoms with van der Waals surface area (Å²) in [6, 6.07) is 1.62. The molecule has 92 valence electrons. The van der Waals surface area contributed by atoms with Crippen molar-refractivity contribution in [3.63, 3.8) is 0 Å². The van der Waals surface area contributed by atoms with Gasteiger partial charge in [-0.1, -0.05) is 11.8 Å². The topological polar surface area (TPSA) is 49.4 Å². The van der Waals surface area contributed by atoms with Crippen LogP contribution in [0.25, 0.3) is 0 Å². The van der Waals surface area contributed by atoms with E-state index in [1.54, 1.807) is 23.3 Å². The molecule has 2 rings (SSSR count). The van der Waals surface area contributed by atoms with Crippen molar-refractivity contribution in [3.8, 4) is 0 Å². The number of amides is 2. The fraction of sp³-hybridized carbons (Fsp3) is 0.400. The average Bonchev–Trinajstić information content (AvgIpc) is 2.87. The van der Waals surface area contributed by atoms with E-state index in [1.165, 1.54) is 0 Å². The molecule has 1 unspecified atom stereocenters. The number of thioether (sulfide) groups is 1. The Balaban J connectivity index is 1.93. The summed E-state index contributed by atoms with van der Waals surface area (Å²) in [6.45, 7) is 0.576. The van der Waals surface area contributed by atoms with Crippen LogP contribution in [-0.2, 0) is 11.3 Å². The van der Waals surface area contributed by atoms with E-state index >= 15 is 0 Å². The summed E-state index contributed by atoms with van der Waals surface area (Å²) in [5.41, 5.74) is 0. The zero-order valence-corrected chi connectivity index (χ0v) is 12.3. The van der Waals surface area contributed by atoms with Gasteiger partial charge in [-0.3, -0.25) is 9.59 Å². The van der Waals surface area contributed by atoms with Gasteiger partial charge in [0.2, 0.25) is 5.91 Å². The van der Waals surface area contributed by atoms with Gasteiger partial charge in [-0.25, -0.2) is 0 Å². The number of hydrogen-bond acceptors (Lipinski definition) is 4. The Morgan fingerprint density at radius 3 is 3.00 bits per heavy atom. The molecule has 1 N–H and O–H groups in total. The van der Waals surface area contributed by atoms with E-state index in [1.807, 2.05) is 11.4 Å². The molecule has 0 spiro atoms. The van der Waals surface area contributed by atoms with E-state index in [0.717, 1.165) is 21.1 Å². The Morgan fingerprint density at radius 2 is 2.47 bits per heavy atom. The van der Waals surface area contributed by atoms with Crippen LogP contribution in [0.1, 0.15) is 4.88 Å². The minimum atomic E-state index is -0.374. The maximum absolute atomic E-state index is 12.0. The lowest BCUT2D eigenvalue weighted by atomic mass is 10.3. The molecule has 1 aliphatic heterocycles. The van der Waals surface area contributed by atoms with Crippen LogP contribution in [0.15, 0.2) is 15.9 Å². The average molecular weight is 335 g/mol. The molecule has 2 amide bonds. The summed E-state index contributed by atoms with van der Waals surface area (Å²) in [5, 5.41) is 4.52. The van der Waals surface area contributed by atoms with Crippen LogP contribution in [0.3, 0.4) is 0 Å². The molecule has 2 heterocycles. The Kier molecular flexibility index (Phi) is 4.11. The molecule has 0 bridgehead atoms. The van der Waals surface area contributed by atoms with Crippen LogP contribution in [0, 0.1) is 0 Å². The van der Waals surface area contributed by atoms with Crippen molar-refractivity contribution < 1.29 is 9.59 Å². The molecule has 7 heteroatoms. The van der Waals surface area contributed by atoms with Crippen molar-refractivity contribution in [2.24, 2.45) is 0 Å². The van der Waals surface area contributed by atoms with Crippen LogP contribution < -0.4 is 5.32 Å². The number of nitrogens with one attached hydrogen (secondary N) is 1. The van der Waals surface area contributed by atoms with Gasteiger partial charge in [-0.05, 0) is 22.0 Å². The first-order chi connectivity index (χ1) is 8.06. The number of thiophene rings is 1. The lowest BCUT2D eigenvalue weighted by molar-refractivity contribution is -0.131. The van der Waals surface area contributed by atoms with Crippen molar-refractivity contribution >= 4 is 50.2 Å². The van der Waals surface area contributed by atoms with Gasteiger partial charge in [-0.2, -0.15) is 0 Å². The van der Waals surface area contributed by atoms with E-state index in [9.17, 15) is 9.59 Å². The molecule has 0 aromatic carbocycles. The summed E-state index contributed by atoms with van der Waals surface area (Å²) in [6.07, 6.45) is 0. The van der Waals surface area contributed by atoms with Crippen LogP contribution in [-0.4, -0.2) is 34.9 Å². The molecule has 1 fully saturated rings. The highest BCUT2D eigenvalue weighted by Gasteiger charge is 2.30. The molecule has 1 aromatic rings. The zero-order valence-electron chi connectivity index (χ0n) is 9.10. The fourth-order valence-corrected chi connectivity index (χ4v) is 3.81. The predicted octanol–water partition coefficient (Wildman–Crippen LogP) is 2.29. The van der Waals surface area contributed by atoms with Gasteiger partial charge < -0.3 is 10.2 Å². The lowest BCUT2D eigenvalue weighted by Gasteiger charge is -2.19. The van der Waals surface area contributed by atoms with Crippen molar-refractivity contribution in [2.45, 2.75) is 12.6 Å². The summed E-state index contributed by atoms with van der Waals surface area (Å²) in [4.78, 5) is 25.8. The Hall–Kier alpha value is -0.530. The number of nitrogens with zero attached hydrogens (tertiary/aromatic N) is 1. The molecular formula is C10H11BrN2O2S2. The predicted molar refractivity (Wildman–Crippen MR) is 73.3 cm³/mol. The monoisotopic (exact) mass is 334 g/mol. The van der Waals surface area contributed by atoms with Crippen LogP contribution in [0.5, 0.6) is 0 Å². The summed E-state index contributed by atoms with van der Waals surface area (Å²) < 4.78 is 1.03. The summed E-state index contributed by atoms with van der Waals surface area (Å²) in [5.74, 6) is 0.490. The maximum atomic E-state index is 12.0. The minimum Gasteiger partial charge on any atom is -0.339 e. The van der Waals surface area contributed by atoms with E-state index in [-0.39, 0.29) is 17.2 Å². The molecule has 0 radical (unpaired) electrons. The van der Waals surface area contributed by atoms with Crippen LogP contribution in [0.4, 0.5) is 4.79 Å². The second kappa shape index (κ2) is 5.41. The third-order valence-electron chi connectivity index (χ3n) is 2.36. The quantitative estimate of drug-likeness (QED) is 0.922. The number of halogens is 1. The first-order valence-electron chi connectivity index (χ1n) is 4.97. The van der Waals surface area contributed by atoms with Crippen LogP contribution in [0.2, 0.25) is 0 Å². The molecular weight excluding hydrogens is 324 g/mol. The van der Waals surface area contributed by atoms with E-state index in [2.05, 4.69) is 21.2 Å². The van der Waals surface area contributed by atoms with E-state index < -0.39 is 0 Å². The number of carbonyl (C=O) groups is 2. The molecule has 1 saturated heterocycles. The second-order valence-corrected chi connectivity index (χ2v) is 6.63. The third kappa shape index (κ3) is 3.23. The smallest absolute Gasteiger partial charge is 0.279 e. The third-order valence-corrected chi connectivity index (χ3v) is 4.92. The first-order valence-corrected chi connectivity index (χ1v) is 7.63. The van der Waals surface area contributed by atoms with Gasteiger partial charge in [0.1, 0.15) is 6.04 Å². The zero-order chi connectivity index (χ0) is 12.4. The van der Waals surface area contributed by atoms with Crippen molar-refractivity contribution in [1.82, 2.24) is 10.2 Å². The van der Waals surface area contributed by atoms with Crippen molar-refractivity contribution in [1.29, 1.82) is 0 Å². The maximum Gasteiger partial charge on any atom is 0.279 e. The standard InChI is InChI=1S/C10H11BrN2O2S2/c1-13(3-7-2-6(11)4-16-7)9(14)8-5-17-10(15)12-8/h2,4,8H,3,5H2,1H3,(H,12,15). The fourth-order valence-electron chi connectivity index (χ4n) is 1.53. The minimum absolute atomic E-state index is 0.0344. The van der Waals surface area contributed by atoms with Gasteiger partial charge in [0.15, 0.2) is 0 Å². The molecule has 1 aliphatic rings. The largest absolute Gasteiger partial charge is 0.339 e. The molecule has 1 atom stereocenters. The van der Waals surface area contributed by atoms with Gasteiger partial charge >= 0.3 is 0 Å². The molecule has 17 heavy (non-hydrogen) atoms. The Morgan fingerprint density at radius 1 is 1.71 bits per heavy atom. The Labute approximate surface area is 116 Å². The summed E-state index contributed by atoms with van der Waals surface area (Å²) in [7, 11) is 1.76. The number of carbonyl (C=O) groups excluding carboxylic acids is 2. The Bertz CT molecular complexity index is 449. The number of rotatable bonds is 3. The van der Waals surface area contributed by atoms with Crippen molar-refractivity contribution in [2.75, 3.05) is 12.8 Å². The van der Waals surface area contributed by atoms with Gasteiger partial charge in [0.05, 0.1) is 6.54 Å². The molecule has 0 saturated carbocycles. The highest BCUT2D eigenvalue weighted by molar-refractivity contribution is 9.10.